The molecular weight excluding hydrogens is 327 g/mol. The first-order chi connectivity index (χ1) is 11.9. The fraction of sp³-hybridized carbons (Fsp3) is 0.316. The van der Waals surface area contributed by atoms with Crippen molar-refractivity contribution in [1.29, 1.82) is 0 Å². The first kappa shape index (κ1) is 17.5. The van der Waals surface area contributed by atoms with E-state index >= 15 is 0 Å². The van der Waals surface area contributed by atoms with Crippen LogP contribution < -0.4 is 5.73 Å². The molecule has 3 rings (SSSR count). The van der Waals surface area contributed by atoms with Gasteiger partial charge in [-0.3, -0.25) is 0 Å². The van der Waals surface area contributed by atoms with Gasteiger partial charge >= 0.3 is 6.18 Å². The summed E-state index contributed by atoms with van der Waals surface area (Å²) in [5.74, 6) is 0.680. The molecule has 2 aromatic carbocycles. The highest BCUT2D eigenvalue weighted by Crippen LogP contribution is 2.31. The Morgan fingerprint density at radius 3 is 2.56 bits per heavy atom. The van der Waals surface area contributed by atoms with Gasteiger partial charge in [0.2, 0.25) is 0 Å². The summed E-state index contributed by atoms with van der Waals surface area (Å²) in [7, 11) is 0. The summed E-state index contributed by atoms with van der Waals surface area (Å²) in [5, 5.41) is 0. The van der Waals surface area contributed by atoms with Crippen LogP contribution in [0.2, 0.25) is 0 Å². The van der Waals surface area contributed by atoms with Crippen LogP contribution in [0.4, 0.5) is 13.2 Å². The molecule has 1 unspecified atom stereocenters. The SMILES string of the molecule is CCn1c(C(CN)Cc2cccc(C(F)(F)F)c2)nc2ccccc21. The number of halogens is 3. The fourth-order valence-corrected chi connectivity index (χ4v) is 3.18. The van der Waals surface area contributed by atoms with Gasteiger partial charge < -0.3 is 10.3 Å². The number of hydrogen-bond donors (Lipinski definition) is 1. The minimum Gasteiger partial charge on any atom is -0.330 e. The zero-order valence-electron chi connectivity index (χ0n) is 13.9. The minimum absolute atomic E-state index is 0.143. The van der Waals surface area contributed by atoms with Crippen molar-refractivity contribution in [3.8, 4) is 0 Å². The zero-order valence-corrected chi connectivity index (χ0v) is 13.9. The number of imidazole rings is 1. The quantitative estimate of drug-likeness (QED) is 0.745. The van der Waals surface area contributed by atoms with Gasteiger partial charge in [-0.15, -0.1) is 0 Å². The van der Waals surface area contributed by atoms with Crippen LogP contribution in [0.15, 0.2) is 48.5 Å². The van der Waals surface area contributed by atoms with Gasteiger partial charge in [-0.2, -0.15) is 13.2 Å². The van der Waals surface area contributed by atoms with E-state index in [1.54, 1.807) is 6.07 Å². The third-order valence-electron chi connectivity index (χ3n) is 4.39. The maximum atomic E-state index is 12.9. The lowest BCUT2D eigenvalue weighted by Crippen LogP contribution is -2.19. The van der Waals surface area contributed by atoms with Crippen LogP contribution in [0.1, 0.15) is 29.8 Å². The van der Waals surface area contributed by atoms with E-state index in [4.69, 9.17) is 5.73 Å². The van der Waals surface area contributed by atoms with Gasteiger partial charge in [-0.1, -0.05) is 30.3 Å². The zero-order chi connectivity index (χ0) is 18.0. The number of benzene rings is 2. The second-order valence-electron chi connectivity index (χ2n) is 6.04. The van der Waals surface area contributed by atoms with Crippen LogP contribution in [0, 0.1) is 0 Å². The van der Waals surface area contributed by atoms with Crippen molar-refractivity contribution in [1.82, 2.24) is 9.55 Å². The van der Waals surface area contributed by atoms with Gasteiger partial charge in [0.25, 0.3) is 0 Å². The van der Waals surface area contributed by atoms with Crippen molar-refractivity contribution in [3.05, 3.63) is 65.5 Å². The Balaban J connectivity index is 1.96. The van der Waals surface area contributed by atoms with Crippen LogP contribution in [-0.2, 0) is 19.1 Å². The number of fused-ring (bicyclic) bond motifs is 1. The molecule has 1 aromatic heterocycles. The number of aryl methyl sites for hydroxylation is 1. The molecule has 3 nitrogen and oxygen atoms in total. The van der Waals surface area contributed by atoms with Gasteiger partial charge in [-0.25, -0.2) is 4.98 Å². The van der Waals surface area contributed by atoms with E-state index in [9.17, 15) is 13.2 Å². The number of para-hydroxylation sites is 2. The Kier molecular flexibility index (Phi) is 4.81. The van der Waals surface area contributed by atoms with Gasteiger partial charge in [0.1, 0.15) is 5.82 Å². The molecule has 1 atom stereocenters. The summed E-state index contributed by atoms with van der Waals surface area (Å²) in [4.78, 5) is 4.68. The molecule has 0 spiro atoms. The molecule has 0 amide bonds. The number of rotatable bonds is 5. The van der Waals surface area contributed by atoms with Crippen LogP contribution in [0.5, 0.6) is 0 Å². The highest BCUT2D eigenvalue weighted by atomic mass is 19.4. The highest BCUT2D eigenvalue weighted by Gasteiger charge is 2.30. The third-order valence-corrected chi connectivity index (χ3v) is 4.39. The molecule has 0 aliphatic rings. The van der Waals surface area contributed by atoms with Gasteiger partial charge in [0, 0.05) is 19.0 Å². The van der Waals surface area contributed by atoms with E-state index in [-0.39, 0.29) is 5.92 Å². The predicted octanol–water partition coefficient (Wildman–Crippen LogP) is 4.36. The average Bonchev–Trinajstić information content (AvgIpc) is 2.97. The highest BCUT2D eigenvalue weighted by molar-refractivity contribution is 5.76. The monoisotopic (exact) mass is 347 g/mol. The Morgan fingerprint density at radius 2 is 1.88 bits per heavy atom. The van der Waals surface area contributed by atoms with Crippen LogP contribution in [0.25, 0.3) is 11.0 Å². The number of aromatic nitrogens is 2. The molecule has 1 heterocycles. The van der Waals surface area contributed by atoms with Gasteiger partial charge in [-0.05, 0) is 37.1 Å². The number of hydrogen-bond acceptors (Lipinski definition) is 2. The van der Waals surface area contributed by atoms with E-state index in [1.807, 2.05) is 31.2 Å². The molecule has 0 radical (unpaired) electrons. The molecule has 0 saturated heterocycles. The number of nitrogens with zero attached hydrogens (tertiary/aromatic N) is 2. The summed E-state index contributed by atoms with van der Waals surface area (Å²) in [5.41, 5.74) is 7.82. The molecule has 25 heavy (non-hydrogen) atoms. The summed E-state index contributed by atoms with van der Waals surface area (Å²) < 4.78 is 40.9. The molecule has 0 bridgehead atoms. The van der Waals surface area contributed by atoms with Crippen LogP contribution >= 0.6 is 0 Å². The lowest BCUT2D eigenvalue weighted by molar-refractivity contribution is -0.137. The van der Waals surface area contributed by atoms with Crippen LogP contribution in [-0.4, -0.2) is 16.1 Å². The summed E-state index contributed by atoms with van der Waals surface area (Å²) in [6.45, 7) is 3.07. The summed E-state index contributed by atoms with van der Waals surface area (Å²) in [6.07, 6.45) is -3.92. The molecule has 2 N–H and O–H groups in total. The smallest absolute Gasteiger partial charge is 0.330 e. The molecule has 3 aromatic rings. The maximum Gasteiger partial charge on any atom is 0.416 e. The van der Waals surface area contributed by atoms with Crippen molar-refractivity contribution in [2.75, 3.05) is 6.54 Å². The van der Waals surface area contributed by atoms with Crippen molar-refractivity contribution < 1.29 is 13.2 Å². The van der Waals surface area contributed by atoms with Gasteiger partial charge in [0.15, 0.2) is 0 Å². The van der Waals surface area contributed by atoms with Crippen molar-refractivity contribution in [2.45, 2.75) is 32.0 Å². The molecule has 0 aliphatic carbocycles. The first-order valence-electron chi connectivity index (χ1n) is 8.25. The number of nitrogens with two attached hydrogens (primary N) is 1. The van der Waals surface area contributed by atoms with E-state index in [2.05, 4.69) is 9.55 Å². The topological polar surface area (TPSA) is 43.8 Å². The Morgan fingerprint density at radius 1 is 1.12 bits per heavy atom. The summed E-state index contributed by atoms with van der Waals surface area (Å²) in [6, 6.07) is 13.2. The van der Waals surface area contributed by atoms with Crippen molar-refractivity contribution in [2.24, 2.45) is 5.73 Å². The standard InChI is InChI=1S/C19H20F3N3/c1-2-25-17-9-4-3-8-16(17)24-18(25)14(12-23)10-13-6-5-7-15(11-13)19(20,21)22/h3-9,11,14H,2,10,12,23H2,1H3. The van der Waals surface area contributed by atoms with E-state index in [0.717, 1.165) is 29.5 Å². The molecule has 0 saturated carbocycles. The Hall–Kier alpha value is -2.34. The number of alkyl halides is 3. The Bertz CT molecular complexity index is 868. The normalized spacial score (nSPS) is 13.3. The molecule has 0 fully saturated rings. The van der Waals surface area contributed by atoms with E-state index < -0.39 is 11.7 Å². The maximum absolute atomic E-state index is 12.9. The van der Waals surface area contributed by atoms with E-state index in [0.29, 0.717) is 18.5 Å². The fourth-order valence-electron chi connectivity index (χ4n) is 3.18. The lowest BCUT2D eigenvalue weighted by atomic mass is 9.97. The van der Waals surface area contributed by atoms with Crippen LogP contribution in [0.3, 0.4) is 0 Å². The second-order valence-corrected chi connectivity index (χ2v) is 6.04. The lowest BCUT2D eigenvalue weighted by Gasteiger charge is -2.17. The summed E-state index contributed by atoms with van der Waals surface area (Å²) >= 11 is 0. The molecule has 0 aliphatic heterocycles. The minimum atomic E-state index is -4.34. The predicted molar refractivity (Wildman–Crippen MR) is 92.4 cm³/mol. The van der Waals surface area contributed by atoms with Crippen molar-refractivity contribution in [3.63, 3.8) is 0 Å². The second kappa shape index (κ2) is 6.88. The van der Waals surface area contributed by atoms with E-state index in [1.165, 1.54) is 12.1 Å². The first-order valence-corrected chi connectivity index (χ1v) is 8.25. The Labute approximate surface area is 144 Å². The average molecular weight is 347 g/mol. The molecule has 6 heteroatoms. The molecule has 132 valence electrons. The third kappa shape index (κ3) is 3.54. The van der Waals surface area contributed by atoms with Crippen molar-refractivity contribution >= 4 is 11.0 Å². The largest absolute Gasteiger partial charge is 0.416 e. The molecular formula is C19H20F3N3. The van der Waals surface area contributed by atoms with Gasteiger partial charge in [0.05, 0.1) is 16.6 Å².